The molecule has 0 heterocycles. The highest BCUT2D eigenvalue weighted by Gasteiger charge is 2.21. The fourth-order valence-electron chi connectivity index (χ4n) is 1.45. The lowest BCUT2D eigenvalue weighted by atomic mass is 10.3. The molecule has 0 aromatic heterocycles. The molecule has 1 fully saturated rings. The smallest absolute Gasteiger partial charge is 0.191 e. The molecule has 18 heavy (non-hydrogen) atoms. The minimum atomic E-state index is -2.88. The maximum Gasteiger partial charge on any atom is 0.191 e. The van der Waals surface area contributed by atoms with Gasteiger partial charge in [-0.25, -0.2) is 8.42 Å². The zero-order valence-corrected chi connectivity index (χ0v) is 14.4. The first-order valence-corrected chi connectivity index (χ1v) is 8.11. The summed E-state index contributed by atoms with van der Waals surface area (Å²) in [6, 6.07) is 0.107. The molecule has 1 aliphatic carbocycles. The monoisotopic (exact) mass is 389 g/mol. The van der Waals surface area contributed by atoms with Crippen LogP contribution in [0.15, 0.2) is 4.99 Å². The molecular weight excluding hydrogens is 365 g/mol. The molecule has 0 bridgehead atoms. The van der Waals surface area contributed by atoms with E-state index in [2.05, 4.69) is 15.6 Å². The van der Waals surface area contributed by atoms with E-state index in [0.29, 0.717) is 6.42 Å². The van der Waals surface area contributed by atoms with Crippen LogP contribution in [0, 0.1) is 5.92 Å². The van der Waals surface area contributed by atoms with Crippen molar-refractivity contribution in [1.29, 1.82) is 0 Å². The summed E-state index contributed by atoms with van der Waals surface area (Å²) in [6.07, 6.45) is 4.46. The van der Waals surface area contributed by atoms with Crippen molar-refractivity contribution in [2.24, 2.45) is 10.9 Å². The highest BCUT2D eigenvalue weighted by molar-refractivity contribution is 14.0. The maximum atomic E-state index is 11.0. The van der Waals surface area contributed by atoms with E-state index in [-0.39, 0.29) is 35.8 Å². The Morgan fingerprint density at radius 3 is 2.50 bits per heavy atom. The molecule has 1 atom stereocenters. The van der Waals surface area contributed by atoms with Crippen LogP contribution in [0.4, 0.5) is 0 Å². The molecule has 0 radical (unpaired) electrons. The molecule has 5 nitrogen and oxygen atoms in total. The van der Waals surface area contributed by atoms with Gasteiger partial charge in [-0.1, -0.05) is 0 Å². The van der Waals surface area contributed by atoms with Gasteiger partial charge in [0.2, 0.25) is 0 Å². The van der Waals surface area contributed by atoms with Crippen LogP contribution in [-0.2, 0) is 9.84 Å². The van der Waals surface area contributed by atoms with Crippen LogP contribution in [0.2, 0.25) is 0 Å². The second-order valence-corrected chi connectivity index (χ2v) is 7.12. The van der Waals surface area contributed by atoms with E-state index >= 15 is 0 Å². The number of rotatable bonds is 6. The summed E-state index contributed by atoms with van der Waals surface area (Å²) in [5, 5.41) is 6.45. The predicted octanol–water partition coefficient (Wildman–Crippen LogP) is 1.00. The van der Waals surface area contributed by atoms with Crippen molar-refractivity contribution in [2.45, 2.75) is 32.2 Å². The number of guanidine groups is 1. The van der Waals surface area contributed by atoms with Crippen LogP contribution >= 0.6 is 24.0 Å². The summed E-state index contributed by atoms with van der Waals surface area (Å²) in [5.74, 6) is 1.76. The van der Waals surface area contributed by atoms with E-state index in [9.17, 15) is 8.42 Å². The molecule has 1 unspecified atom stereocenters. The summed E-state index contributed by atoms with van der Waals surface area (Å²) in [6.45, 7) is 2.92. The van der Waals surface area contributed by atoms with Gasteiger partial charge in [0, 0.05) is 25.9 Å². The van der Waals surface area contributed by atoms with Gasteiger partial charge < -0.3 is 10.6 Å². The second-order valence-electron chi connectivity index (χ2n) is 4.86. The lowest BCUT2D eigenvalue weighted by molar-refractivity contribution is 0.580. The maximum absolute atomic E-state index is 11.0. The number of hydrogen-bond donors (Lipinski definition) is 2. The molecule has 2 N–H and O–H groups in total. The van der Waals surface area contributed by atoms with Gasteiger partial charge in [-0.2, -0.15) is 0 Å². The summed E-state index contributed by atoms with van der Waals surface area (Å²) < 4.78 is 22.1. The Kier molecular flexibility index (Phi) is 8.16. The van der Waals surface area contributed by atoms with Crippen molar-refractivity contribution in [3.8, 4) is 0 Å². The Labute approximate surface area is 127 Å². The van der Waals surface area contributed by atoms with Gasteiger partial charge in [0.05, 0.1) is 5.75 Å². The summed E-state index contributed by atoms with van der Waals surface area (Å²) in [7, 11) is -1.15. The van der Waals surface area contributed by atoms with Crippen LogP contribution in [0.5, 0.6) is 0 Å². The Morgan fingerprint density at radius 2 is 2.06 bits per heavy atom. The number of aliphatic imine (C=N–C) groups is 1. The number of sulfone groups is 1. The lowest BCUT2D eigenvalue weighted by Crippen LogP contribution is -2.43. The quantitative estimate of drug-likeness (QED) is 0.404. The van der Waals surface area contributed by atoms with Crippen LogP contribution < -0.4 is 10.6 Å². The van der Waals surface area contributed by atoms with E-state index < -0.39 is 9.84 Å². The first-order chi connectivity index (χ1) is 7.90. The predicted molar refractivity (Wildman–Crippen MR) is 86.4 cm³/mol. The first-order valence-electron chi connectivity index (χ1n) is 6.05. The van der Waals surface area contributed by atoms with E-state index in [1.165, 1.54) is 19.1 Å². The van der Waals surface area contributed by atoms with Crippen molar-refractivity contribution in [3.05, 3.63) is 0 Å². The van der Waals surface area contributed by atoms with Crippen LogP contribution in [0.1, 0.15) is 26.2 Å². The number of nitrogens with zero attached hydrogens (tertiary/aromatic N) is 1. The molecule has 0 aromatic rings. The van der Waals surface area contributed by atoms with E-state index in [1.807, 2.05) is 6.92 Å². The minimum Gasteiger partial charge on any atom is -0.356 e. The zero-order valence-electron chi connectivity index (χ0n) is 11.3. The molecular formula is C11H24IN3O2S. The van der Waals surface area contributed by atoms with Crippen LogP contribution in [-0.4, -0.2) is 46.0 Å². The summed E-state index contributed by atoms with van der Waals surface area (Å²) >= 11 is 0. The Morgan fingerprint density at radius 1 is 1.44 bits per heavy atom. The second kappa shape index (κ2) is 8.19. The normalized spacial score (nSPS) is 17.8. The molecule has 1 saturated carbocycles. The summed E-state index contributed by atoms with van der Waals surface area (Å²) in [4.78, 5) is 4.12. The van der Waals surface area contributed by atoms with Gasteiger partial charge in [-0.15, -0.1) is 24.0 Å². The van der Waals surface area contributed by atoms with Crippen molar-refractivity contribution in [3.63, 3.8) is 0 Å². The third-order valence-corrected chi connectivity index (χ3v) is 3.76. The van der Waals surface area contributed by atoms with E-state index in [1.54, 1.807) is 7.05 Å². The number of nitrogens with one attached hydrogen (secondary N) is 2. The number of hydrogen-bond acceptors (Lipinski definition) is 3. The standard InChI is InChI=1S/C11H23N3O2S.HI/c1-9(6-7-17(3,15)16)14-11(12-2)13-8-10-4-5-10;/h9-10H,4-8H2,1-3H3,(H2,12,13,14);1H. The molecule has 0 amide bonds. The van der Waals surface area contributed by atoms with Gasteiger partial charge in [0.1, 0.15) is 9.84 Å². The average molecular weight is 389 g/mol. The Balaban J connectivity index is 0.00000289. The highest BCUT2D eigenvalue weighted by atomic mass is 127. The fourth-order valence-corrected chi connectivity index (χ4v) is 2.24. The van der Waals surface area contributed by atoms with E-state index in [4.69, 9.17) is 0 Å². The van der Waals surface area contributed by atoms with Crippen LogP contribution in [0.3, 0.4) is 0 Å². The Bertz CT molecular complexity index is 366. The lowest BCUT2D eigenvalue weighted by Gasteiger charge is -2.17. The molecule has 108 valence electrons. The van der Waals surface area contributed by atoms with E-state index in [0.717, 1.165) is 18.4 Å². The molecule has 0 spiro atoms. The SMILES string of the molecule is CN=C(NCC1CC1)NC(C)CCS(C)(=O)=O.I. The third kappa shape index (κ3) is 8.96. The number of halogens is 1. The van der Waals surface area contributed by atoms with Gasteiger partial charge in [0.15, 0.2) is 5.96 Å². The van der Waals surface area contributed by atoms with Gasteiger partial charge in [0.25, 0.3) is 0 Å². The average Bonchev–Trinajstić information content (AvgIpc) is 3.04. The molecule has 1 aliphatic rings. The fraction of sp³-hybridized carbons (Fsp3) is 0.909. The highest BCUT2D eigenvalue weighted by Crippen LogP contribution is 2.27. The molecule has 0 aromatic carbocycles. The summed E-state index contributed by atoms with van der Waals surface area (Å²) in [5.41, 5.74) is 0. The van der Waals surface area contributed by atoms with Crippen molar-refractivity contribution >= 4 is 39.8 Å². The first kappa shape index (κ1) is 17.9. The van der Waals surface area contributed by atoms with Gasteiger partial charge in [-0.3, -0.25) is 4.99 Å². The molecule has 0 saturated heterocycles. The van der Waals surface area contributed by atoms with Crippen molar-refractivity contribution in [2.75, 3.05) is 25.6 Å². The van der Waals surface area contributed by atoms with Crippen molar-refractivity contribution < 1.29 is 8.42 Å². The largest absolute Gasteiger partial charge is 0.356 e. The zero-order chi connectivity index (χ0) is 12.9. The molecule has 1 rings (SSSR count). The van der Waals surface area contributed by atoms with Gasteiger partial charge >= 0.3 is 0 Å². The molecule has 0 aliphatic heterocycles. The van der Waals surface area contributed by atoms with Crippen LogP contribution in [0.25, 0.3) is 0 Å². The Hall–Kier alpha value is -0.0500. The molecule has 7 heteroatoms. The minimum absolute atomic E-state index is 0. The van der Waals surface area contributed by atoms with Gasteiger partial charge in [-0.05, 0) is 32.1 Å². The topological polar surface area (TPSA) is 70.6 Å². The third-order valence-electron chi connectivity index (χ3n) is 2.78. The van der Waals surface area contributed by atoms with Crippen molar-refractivity contribution in [1.82, 2.24) is 10.6 Å².